The minimum Gasteiger partial charge on any atom is -0.394 e. The number of ether oxygens (including phenoxy) is 1. The Kier molecular flexibility index (Phi) is 4.16. The molecule has 0 spiro atoms. The van der Waals surface area contributed by atoms with Crippen molar-refractivity contribution in [1.29, 1.82) is 0 Å². The summed E-state index contributed by atoms with van der Waals surface area (Å²) in [4.78, 5) is 1.89. The number of hydrogen-bond acceptors (Lipinski definition) is 4. The van der Waals surface area contributed by atoms with E-state index in [-0.39, 0.29) is 24.6 Å². The first-order valence-corrected chi connectivity index (χ1v) is 6.14. The molecule has 4 nitrogen and oxygen atoms in total. The maximum Gasteiger partial charge on any atom is 0.146 e. The van der Waals surface area contributed by atoms with Crippen molar-refractivity contribution in [3.8, 4) is 0 Å². The molecule has 100 valence electrons. The molecule has 0 bridgehead atoms. The van der Waals surface area contributed by atoms with Gasteiger partial charge in [-0.05, 0) is 24.6 Å². The van der Waals surface area contributed by atoms with Crippen LogP contribution in [0.15, 0.2) is 18.2 Å². The Balaban J connectivity index is 2.17. The number of benzene rings is 1. The van der Waals surface area contributed by atoms with E-state index in [4.69, 9.17) is 15.6 Å². The maximum atomic E-state index is 14.0. The van der Waals surface area contributed by atoms with Gasteiger partial charge >= 0.3 is 0 Å². The van der Waals surface area contributed by atoms with Gasteiger partial charge in [0, 0.05) is 19.1 Å². The molecule has 2 atom stereocenters. The van der Waals surface area contributed by atoms with E-state index in [1.807, 2.05) is 17.9 Å². The Bertz CT molecular complexity index is 412. The SMILES string of the molecule is CC(N)c1ccc(N2CCOC(CO)C2)c(F)c1. The van der Waals surface area contributed by atoms with Gasteiger partial charge in [-0.25, -0.2) is 4.39 Å². The van der Waals surface area contributed by atoms with Crippen LogP contribution in [-0.2, 0) is 4.74 Å². The van der Waals surface area contributed by atoms with Crippen LogP contribution in [-0.4, -0.2) is 37.5 Å². The van der Waals surface area contributed by atoms with Crippen LogP contribution >= 0.6 is 0 Å². The predicted molar refractivity (Wildman–Crippen MR) is 68.0 cm³/mol. The summed E-state index contributed by atoms with van der Waals surface area (Å²) in [6, 6.07) is 4.88. The summed E-state index contributed by atoms with van der Waals surface area (Å²) < 4.78 is 19.4. The van der Waals surface area contributed by atoms with Crippen LogP contribution in [0, 0.1) is 5.82 Å². The zero-order valence-corrected chi connectivity index (χ0v) is 10.5. The zero-order valence-electron chi connectivity index (χ0n) is 10.5. The van der Waals surface area contributed by atoms with E-state index in [1.54, 1.807) is 6.07 Å². The Morgan fingerprint density at radius 1 is 1.61 bits per heavy atom. The Morgan fingerprint density at radius 3 is 3.00 bits per heavy atom. The van der Waals surface area contributed by atoms with Crippen LogP contribution in [0.4, 0.5) is 10.1 Å². The second-order valence-electron chi connectivity index (χ2n) is 4.62. The van der Waals surface area contributed by atoms with Gasteiger partial charge in [-0.15, -0.1) is 0 Å². The van der Waals surface area contributed by atoms with E-state index in [1.165, 1.54) is 6.07 Å². The number of rotatable bonds is 3. The van der Waals surface area contributed by atoms with Crippen molar-refractivity contribution in [3.05, 3.63) is 29.6 Å². The third-order valence-corrected chi connectivity index (χ3v) is 3.18. The monoisotopic (exact) mass is 254 g/mol. The van der Waals surface area contributed by atoms with E-state index in [0.717, 1.165) is 5.56 Å². The van der Waals surface area contributed by atoms with Gasteiger partial charge < -0.3 is 20.5 Å². The Morgan fingerprint density at radius 2 is 2.39 bits per heavy atom. The van der Waals surface area contributed by atoms with Gasteiger partial charge in [0.1, 0.15) is 5.82 Å². The molecular formula is C13H19FN2O2. The molecule has 2 rings (SSSR count). The second kappa shape index (κ2) is 5.65. The van der Waals surface area contributed by atoms with Crippen molar-refractivity contribution in [2.45, 2.75) is 19.1 Å². The molecule has 5 heteroatoms. The predicted octanol–water partition coefficient (Wildman–Crippen LogP) is 1.04. The number of nitrogens with zero attached hydrogens (tertiary/aromatic N) is 1. The number of nitrogens with two attached hydrogens (primary N) is 1. The van der Waals surface area contributed by atoms with Crippen molar-refractivity contribution in [2.24, 2.45) is 5.73 Å². The molecule has 1 fully saturated rings. The standard InChI is InChI=1S/C13H19FN2O2/c1-9(15)10-2-3-13(12(14)6-10)16-4-5-18-11(7-16)8-17/h2-3,6,9,11,17H,4-5,7-8,15H2,1H3. The lowest BCUT2D eigenvalue weighted by Gasteiger charge is -2.34. The summed E-state index contributed by atoms with van der Waals surface area (Å²) in [5, 5.41) is 9.08. The first kappa shape index (κ1) is 13.3. The summed E-state index contributed by atoms with van der Waals surface area (Å²) in [6.45, 7) is 3.41. The van der Waals surface area contributed by atoms with Gasteiger partial charge in [0.05, 0.1) is 25.0 Å². The van der Waals surface area contributed by atoms with Crippen LogP contribution in [0.5, 0.6) is 0 Å². The van der Waals surface area contributed by atoms with E-state index < -0.39 is 0 Å². The smallest absolute Gasteiger partial charge is 0.146 e. The number of aliphatic hydroxyl groups is 1. The second-order valence-corrected chi connectivity index (χ2v) is 4.62. The quantitative estimate of drug-likeness (QED) is 0.846. The topological polar surface area (TPSA) is 58.7 Å². The van der Waals surface area contributed by atoms with Gasteiger partial charge in [0.2, 0.25) is 0 Å². The van der Waals surface area contributed by atoms with Crippen LogP contribution in [0.2, 0.25) is 0 Å². The minimum absolute atomic E-state index is 0.0456. The highest BCUT2D eigenvalue weighted by Crippen LogP contribution is 2.24. The van der Waals surface area contributed by atoms with E-state index in [2.05, 4.69) is 0 Å². The van der Waals surface area contributed by atoms with Crippen LogP contribution in [0.25, 0.3) is 0 Å². The van der Waals surface area contributed by atoms with E-state index >= 15 is 0 Å². The maximum absolute atomic E-state index is 14.0. The lowest BCUT2D eigenvalue weighted by molar-refractivity contribution is 0.00340. The highest BCUT2D eigenvalue weighted by Gasteiger charge is 2.22. The summed E-state index contributed by atoms with van der Waals surface area (Å²) >= 11 is 0. The molecule has 3 N–H and O–H groups in total. The summed E-state index contributed by atoms with van der Waals surface area (Å²) in [7, 11) is 0. The van der Waals surface area contributed by atoms with Crippen molar-refractivity contribution in [1.82, 2.24) is 0 Å². The molecule has 0 saturated carbocycles. The minimum atomic E-state index is -0.275. The van der Waals surface area contributed by atoms with Crippen molar-refractivity contribution in [3.63, 3.8) is 0 Å². The third-order valence-electron chi connectivity index (χ3n) is 3.18. The van der Waals surface area contributed by atoms with E-state index in [9.17, 15) is 4.39 Å². The molecule has 2 unspecified atom stereocenters. The van der Waals surface area contributed by atoms with Crippen LogP contribution in [0.3, 0.4) is 0 Å². The normalized spacial score (nSPS) is 22.0. The molecule has 18 heavy (non-hydrogen) atoms. The first-order valence-electron chi connectivity index (χ1n) is 6.14. The Labute approximate surface area is 106 Å². The van der Waals surface area contributed by atoms with Gasteiger partial charge in [-0.1, -0.05) is 6.07 Å². The Hall–Kier alpha value is -1.17. The molecule has 1 aromatic rings. The number of halogens is 1. The number of hydrogen-bond donors (Lipinski definition) is 2. The molecule has 0 radical (unpaired) electrons. The molecular weight excluding hydrogens is 235 g/mol. The highest BCUT2D eigenvalue weighted by molar-refractivity contribution is 5.50. The average Bonchev–Trinajstić information content (AvgIpc) is 2.38. The first-order chi connectivity index (χ1) is 8.61. The number of aliphatic hydroxyl groups excluding tert-OH is 1. The molecule has 1 saturated heterocycles. The number of morpholine rings is 1. The van der Waals surface area contributed by atoms with Crippen molar-refractivity contribution >= 4 is 5.69 Å². The fourth-order valence-corrected chi connectivity index (χ4v) is 2.11. The van der Waals surface area contributed by atoms with Gasteiger partial charge in [0.25, 0.3) is 0 Å². The fourth-order valence-electron chi connectivity index (χ4n) is 2.11. The summed E-state index contributed by atoms with van der Waals surface area (Å²) in [5.41, 5.74) is 7.04. The van der Waals surface area contributed by atoms with Gasteiger partial charge in [-0.2, -0.15) is 0 Å². The van der Waals surface area contributed by atoms with Gasteiger partial charge in [-0.3, -0.25) is 0 Å². The van der Waals surface area contributed by atoms with Crippen molar-refractivity contribution < 1.29 is 14.2 Å². The molecule has 1 aromatic carbocycles. The molecule has 1 aliphatic heterocycles. The largest absolute Gasteiger partial charge is 0.394 e. The van der Waals surface area contributed by atoms with Crippen LogP contribution < -0.4 is 10.6 Å². The molecule has 0 aliphatic carbocycles. The average molecular weight is 254 g/mol. The third kappa shape index (κ3) is 2.80. The molecule has 0 aromatic heterocycles. The molecule has 1 heterocycles. The fraction of sp³-hybridized carbons (Fsp3) is 0.538. The zero-order chi connectivity index (χ0) is 13.1. The lowest BCUT2D eigenvalue weighted by Crippen LogP contribution is -2.44. The van der Waals surface area contributed by atoms with Crippen LogP contribution in [0.1, 0.15) is 18.5 Å². The van der Waals surface area contributed by atoms with Gasteiger partial charge in [0.15, 0.2) is 0 Å². The van der Waals surface area contributed by atoms with E-state index in [0.29, 0.717) is 25.4 Å². The summed E-state index contributed by atoms with van der Waals surface area (Å²) in [6.07, 6.45) is -0.244. The summed E-state index contributed by atoms with van der Waals surface area (Å²) in [5.74, 6) is -0.275. The molecule has 1 aliphatic rings. The number of anilines is 1. The molecule has 0 amide bonds. The van der Waals surface area contributed by atoms with Crippen molar-refractivity contribution in [2.75, 3.05) is 31.2 Å². The highest BCUT2D eigenvalue weighted by atomic mass is 19.1. The lowest BCUT2D eigenvalue weighted by atomic mass is 10.1.